The summed E-state index contributed by atoms with van der Waals surface area (Å²) in [4.78, 5) is 6.66. The number of aliphatic hydroxyl groups is 1. The number of pyridine rings is 1. The van der Waals surface area contributed by atoms with Gasteiger partial charge >= 0.3 is 0 Å². The molecule has 2 N–H and O–H groups in total. The lowest BCUT2D eigenvalue weighted by atomic mass is 10.0. The van der Waals surface area contributed by atoms with E-state index in [4.69, 9.17) is 35.4 Å². The number of nitrogens with one attached hydrogen (secondary N) is 1. The van der Waals surface area contributed by atoms with Crippen molar-refractivity contribution in [2.45, 2.75) is 18.5 Å². The molecule has 0 radical (unpaired) electrons. The van der Waals surface area contributed by atoms with Gasteiger partial charge in [-0.15, -0.1) is 0 Å². The fraction of sp³-hybridized carbons (Fsp3) is 0.238. The summed E-state index contributed by atoms with van der Waals surface area (Å²) < 4.78 is 2.06. The van der Waals surface area contributed by atoms with Gasteiger partial charge in [-0.1, -0.05) is 29.3 Å². The molecule has 5 nitrogen and oxygen atoms in total. The van der Waals surface area contributed by atoms with Crippen LogP contribution in [0.3, 0.4) is 0 Å². The molecule has 8 heteroatoms. The van der Waals surface area contributed by atoms with Crippen molar-refractivity contribution in [3.8, 4) is 5.69 Å². The summed E-state index contributed by atoms with van der Waals surface area (Å²) in [7, 11) is 0. The van der Waals surface area contributed by atoms with Crippen molar-refractivity contribution >= 4 is 40.5 Å². The van der Waals surface area contributed by atoms with E-state index in [1.165, 1.54) is 0 Å². The minimum absolute atomic E-state index is 0.101. The van der Waals surface area contributed by atoms with Crippen LogP contribution in [0.4, 0.5) is 0 Å². The Hall–Kier alpha value is -2.12. The van der Waals surface area contributed by atoms with Crippen LogP contribution in [0.25, 0.3) is 5.69 Å². The summed E-state index contributed by atoms with van der Waals surface area (Å²) in [5.41, 5.74) is 2.77. The number of aromatic nitrogens is 2. The molecule has 0 amide bonds. The van der Waals surface area contributed by atoms with E-state index >= 15 is 0 Å². The molecule has 0 aliphatic carbocycles. The average Bonchev–Trinajstić information content (AvgIpc) is 3.31. The van der Waals surface area contributed by atoms with Crippen LogP contribution in [-0.4, -0.2) is 37.8 Å². The number of aliphatic hydroxyl groups excluding tert-OH is 1. The van der Waals surface area contributed by atoms with E-state index < -0.39 is 0 Å². The molecule has 4 rings (SSSR count). The molecule has 1 aliphatic rings. The minimum atomic E-state index is -0.123. The zero-order chi connectivity index (χ0) is 20.4. The first-order valence-corrected chi connectivity index (χ1v) is 10.5. The lowest BCUT2D eigenvalue weighted by Gasteiger charge is -2.29. The Morgan fingerprint density at radius 3 is 2.72 bits per heavy atom. The second kappa shape index (κ2) is 8.71. The van der Waals surface area contributed by atoms with E-state index in [0.29, 0.717) is 28.1 Å². The first kappa shape index (κ1) is 20.2. The van der Waals surface area contributed by atoms with Crippen molar-refractivity contribution in [1.82, 2.24) is 19.8 Å². The molecular weight excluding hydrogens is 427 g/mol. The highest BCUT2D eigenvalue weighted by Crippen LogP contribution is 2.40. The Labute approximate surface area is 184 Å². The van der Waals surface area contributed by atoms with E-state index in [2.05, 4.69) is 25.8 Å². The van der Waals surface area contributed by atoms with Gasteiger partial charge in [0.05, 0.1) is 28.5 Å². The topological polar surface area (TPSA) is 53.3 Å². The summed E-state index contributed by atoms with van der Waals surface area (Å²) in [6, 6.07) is 15.1. The fourth-order valence-corrected chi connectivity index (χ4v) is 4.57. The smallest absolute Gasteiger partial charge is 0.170 e. The standard InChI is InChI=1S/C21H20Cl2N4OS/c22-14-7-8-17(15(23)13-14)26-10-3-6-18(26)20-19(16-5-1-2-9-24-16)25-21(29)27(20)11-4-12-28/h1-3,5-10,13,19-20,28H,4,11-12H2,(H,25,29)/t19-,20-/m1/s1. The Bertz CT molecular complexity index is 1010. The zero-order valence-electron chi connectivity index (χ0n) is 15.5. The molecule has 0 saturated carbocycles. The van der Waals surface area contributed by atoms with Crippen LogP contribution in [-0.2, 0) is 0 Å². The zero-order valence-corrected chi connectivity index (χ0v) is 17.8. The molecular formula is C21H20Cl2N4OS. The number of hydrogen-bond acceptors (Lipinski definition) is 3. The molecule has 1 aromatic carbocycles. The van der Waals surface area contributed by atoms with Gasteiger partial charge in [0.25, 0.3) is 0 Å². The second-order valence-corrected chi connectivity index (χ2v) is 8.03. The highest BCUT2D eigenvalue weighted by atomic mass is 35.5. The second-order valence-electron chi connectivity index (χ2n) is 6.80. The van der Waals surface area contributed by atoms with Crippen LogP contribution in [0.15, 0.2) is 60.9 Å². The normalized spacial score (nSPS) is 18.9. The summed E-state index contributed by atoms with van der Waals surface area (Å²) in [5, 5.41) is 14.6. The summed E-state index contributed by atoms with van der Waals surface area (Å²) in [6.07, 6.45) is 4.38. The Balaban J connectivity index is 1.81. The maximum atomic E-state index is 9.37. The molecule has 150 valence electrons. The van der Waals surface area contributed by atoms with Gasteiger partial charge in [-0.25, -0.2) is 0 Å². The Morgan fingerprint density at radius 2 is 2.00 bits per heavy atom. The molecule has 1 saturated heterocycles. The molecule has 1 aliphatic heterocycles. The maximum Gasteiger partial charge on any atom is 0.170 e. The Kier molecular flexibility index (Phi) is 6.06. The van der Waals surface area contributed by atoms with E-state index in [0.717, 1.165) is 17.1 Å². The highest BCUT2D eigenvalue weighted by molar-refractivity contribution is 7.80. The van der Waals surface area contributed by atoms with Crippen molar-refractivity contribution in [1.29, 1.82) is 0 Å². The number of hydrogen-bond donors (Lipinski definition) is 2. The van der Waals surface area contributed by atoms with Crippen LogP contribution in [0.2, 0.25) is 10.0 Å². The van der Waals surface area contributed by atoms with Crippen molar-refractivity contribution < 1.29 is 5.11 Å². The average molecular weight is 447 g/mol. The van der Waals surface area contributed by atoms with Gasteiger partial charge in [0.15, 0.2) is 5.11 Å². The van der Waals surface area contributed by atoms with Gasteiger partial charge in [-0.05, 0) is 61.1 Å². The third-order valence-corrected chi connectivity index (χ3v) is 5.90. The molecule has 1 fully saturated rings. The largest absolute Gasteiger partial charge is 0.396 e. The number of nitrogens with zero attached hydrogens (tertiary/aromatic N) is 3. The van der Waals surface area contributed by atoms with Crippen LogP contribution in [0.5, 0.6) is 0 Å². The van der Waals surface area contributed by atoms with Gasteiger partial charge < -0.3 is 19.9 Å². The van der Waals surface area contributed by atoms with Crippen molar-refractivity contribution in [2.24, 2.45) is 0 Å². The van der Waals surface area contributed by atoms with E-state index in [1.807, 2.05) is 42.6 Å². The van der Waals surface area contributed by atoms with Crippen LogP contribution in [0, 0.1) is 0 Å². The molecule has 0 bridgehead atoms. The quantitative estimate of drug-likeness (QED) is 0.544. The van der Waals surface area contributed by atoms with E-state index in [1.54, 1.807) is 12.3 Å². The first-order valence-electron chi connectivity index (χ1n) is 9.31. The third-order valence-electron chi connectivity index (χ3n) is 5.01. The number of rotatable bonds is 6. The van der Waals surface area contributed by atoms with Crippen LogP contribution >= 0.6 is 35.4 Å². The van der Waals surface area contributed by atoms with Gasteiger partial charge in [0, 0.05) is 36.3 Å². The summed E-state index contributed by atoms with van der Waals surface area (Å²) >= 11 is 18.2. The van der Waals surface area contributed by atoms with Crippen molar-refractivity contribution in [3.63, 3.8) is 0 Å². The number of thiocarbonyl (C=S) groups is 1. The van der Waals surface area contributed by atoms with Crippen molar-refractivity contribution in [3.05, 3.63) is 82.4 Å². The maximum absolute atomic E-state index is 9.37. The molecule has 2 atom stereocenters. The lowest BCUT2D eigenvalue weighted by molar-refractivity contribution is 0.245. The molecule has 2 aromatic heterocycles. The SMILES string of the molecule is OCCCN1C(=S)N[C@H](c2ccccn2)[C@H]1c1cccn1-c1ccc(Cl)cc1Cl. The fourth-order valence-electron chi connectivity index (χ4n) is 3.74. The van der Waals surface area contributed by atoms with Gasteiger partial charge in [0.2, 0.25) is 0 Å². The minimum Gasteiger partial charge on any atom is -0.396 e. The van der Waals surface area contributed by atoms with Crippen LogP contribution in [0.1, 0.15) is 29.9 Å². The highest BCUT2D eigenvalue weighted by Gasteiger charge is 2.41. The van der Waals surface area contributed by atoms with Crippen LogP contribution < -0.4 is 5.32 Å². The Morgan fingerprint density at radius 1 is 1.14 bits per heavy atom. The number of halogens is 2. The lowest BCUT2D eigenvalue weighted by Crippen LogP contribution is -2.31. The summed E-state index contributed by atoms with van der Waals surface area (Å²) in [6.45, 7) is 0.736. The molecule has 3 heterocycles. The van der Waals surface area contributed by atoms with Gasteiger partial charge in [-0.2, -0.15) is 0 Å². The van der Waals surface area contributed by atoms with Crippen molar-refractivity contribution in [2.75, 3.05) is 13.2 Å². The first-order chi connectivity index (χ1) is 14.1. The predicted octanol–water partition coefficient (Wildman–Crippen LogP) is 4.53. The predicted molar refractivity (Wildman–Crippen MR) is 120 cm³/mol. The van der Waals surface area contributed by atoms with E-state index in [-0.39, 0.29) is 18.7 Å². The molecule has 3 aromatic rings. The third kappa shape index (κ3) is 3.98. The molecule has 29 heavy (non-hydrogen) atoms. The van der Waals surface area contributed by atoms with Gasteiger partial charge in [0.1, 0.15) is 0 Å². The summed E-state index contributed by atoms with van der Waals surface area (Å²) in [5.74, 6) is 0. The number of benzene rings is 1. The van der Waals surface area contributed by atoms with E-state index in [9.17, 15) is 5.11 Å². The molecule has 0 spiro atoms. The monoisotopic (exact) mass is 446 g/mol. The molecule has 0 unspecified atom stereocenters. The van der Waals surface area contributed by atoms with Gasteiger partial charge in [-0.3, -0.25) is 4.98 Å².